The highest BCUT2D eigenvalue weighted by Crippen LogP contribution is 2.35. The van der Waals surface area contributed by atoms with Gasteiger partial charge < -0.3 is 16.0 Å². The van der Waals surface area contributed by atoms with E-state index in [1.54, 1.807) is 0 Å². The van der Waals surface area contributed by atoms with Crippen LogP contribution in [0.25, 0.3) is 0 Å². The van der Waals surface area contributed by atoms with E-state index in [1.165, 1.54) is 0 Å². The number of rotatable bonds is 3. The summed E-state index contributed by atoms with van der Waals surface area (Å²) in [7, 11) is 1.87. The van der Waals surface area contributed by atoms with E-state index in [2.05, 4.69) is 12.2 Å². The molecule has 0 bridgehead atoms. The highest BCUT2D eigenvalue weighted by molar-refractivity contribution is 5.89. The predicted octanol–water partition coefficient (Wildman–Crippen LogP) is 3.37. The number of nitrogens with zero attached hydrogens (tertiary/aromatic N) is 1. The van der Waals surface area contributed by atoms with E-state index in [-0.39, 0.29) is 11.6 Å². The number of nitrogens with one attached hydrogen (secondary N) is 1. The van der Waals surface area contributed by atoms with Crippen molar-refractivity contribution >= 4 is 11.7 Å². The lowest BCUT2D eigenvalue weighted by Crippen LogP contribution is -2.57. The molecule has 0 heterocycles. The molecule has 2 amide bonds. The number of amides is 2. The minimum absolute atomic E-state index is 0.0689. The van der Waals surface area contributed by atoms with Gasteiger partial charge in [-0.05, 0) is 56.2 Å². The van der Waals surface area contributed by atoms with Crippen LogP contribution in [0.4, 0.5) is 10.5 Å². The summed E-state index contributed by atoms with van der Waals surface area (Å²) in [6.07, 6.45) is 4.25. The van der Waals surface area contributed by atoms with E-state index in [4.69, 9.17) is 5.73 Å². The first kappa shape index (κ1) is 15.8. The van der Waals surface area contributed by atoms with Gasteiger partial charge in [-0.1, -0.05) is 19.1 Å². The third kappa shape index (κ3) is 3.56. The maximum Gasteiger partial charge on any atom is 0.322 e. The third-order valence-electron chi connectivity index (χ3n) is 4.87. The van der Waals surface area contributed by atoms with Crippen molar-refractivity contribution in [3.8, 4) is 0 Å². The van der Waals surface area contributed by atoms with E-state index in [0.717, 1.165) is 42.9 Å². The van der Waals surface area contributed by atoms with Gasteiger partial charge in [-0.3, -0.25) is 0 Å². The molecule has 3 N–H and O–H groups in total. The van der Waals surface area contributed by atoms with Crippen LogP contribution in [0.2, 0.25) is 0 Å². The van der Waals surface area contributed by atoms with E-state index in [0.29, 0.717) is 6.54 Å². The Balaban J connectivity index is 2.07. The Kier molecular flexibility index (Phi) is 4.88. The van der Waals surface area contributed by atoms with Crippen molar-refractivity contribution in [1.29, 1.82) is 0 Å². The van der Waals surface area contributed by atoms with Crippen molar-refractivity contribution in [3.05, 3.63) is 29.8 Å². The monoisotopic (exact) mass is 289 g/mol. The molecule has 0 radical (unpaired) electrons. The molecule has 21 heavy (non-hydrogen) atoms. The molecule has 1 aliphatic carbocycles. The smallest absolute Gasteiger partial charge is 0.322 e. The van der Waals surface area contributed by atoms with Crippen LogP contribution in [0.5, 0.6) is 0 Å². The predicted molar refractivity (Wildman–Crippen MR) is 87.4 cm³/mol. The fourth-order valence-electron chi connectivity index (χ4n) is 3.12. The first-order chi connectivity index (χ1) is 9.97. The van der Waals surface area contributed by atoms with Gasteiger partial charge >= 0.3 is 6.03 Å². The molecule has 0 saturated heterocycles. The number of hydrogen-bond donors (Lipinski definition) is 2. The van der Waals surface area contributed by atoms with Crippen LogP contribution in [-0.2, 0) is 0 Å². The highest BCUT2D eigenvalue weighted by atomic mass is 16.2. The summed E-state index contributed by atoms with van der Waals surface area (Å²) in [5.41, 5.74) is 7.80. The van der Waals surface area contributed by atoms with Gasteiger partial charge in [0.1, 0.15) is 0 Å². The molecule has 1 aromatic rings. The largest absolute Gasteiger partial charge is 0.328 e. The standard InChI is InChI=1S/C17H27N3O/c1-13-7-9-17(12-18,10-8-13)20(3)16(21)19-15-6-4-5-14(2)11-15/h4-6,11,13H,7-10,12,18H2,1-3H3,(H,19,21). The number of hydrogen-bond acceptors (Lipinski definition) is 2. The van der Waals surface area contributed by atoms with Crippen molar-refractivity contribution < 1.29 is 4.79 Å². The molecule has 0 spiro atoms. The molecule has 1 aromatic carbocycles. The molecule has 1 fully saturated rings. The number of likely N-dealkylation sites (N-methyl/N-ethyl adjacent to an activating group) is 1. The zero-order valence-electron chi connectivity index (χ0n) is 13.4. The molecule has 2 rings (SSSR count). The topological polar surface area (TPSA) is 58.4 Å². The number of carbonyl (C=O) groups is 1. The number of anilines is 1. The quantitative estimate of drug-likeness (QED) is 0.896. The summed E-state index contributed by atoms with van der Waals surface area (Å²) in [5.74, 6) is 0.734. The molecule has 0 aromatic heterocycles. The number of benzene rings is 1. The first-order valence-corrected chi connectivity index (χ1v) is 7.78. The Morgan fingerprint density at radius 3 is 2.67 bits per heavy atom. The third-order valence-corrected chi connectivity index (χ3v) is 4.87. The average Bonchev–Trinajstić information content (AvgIpc) is 2.48. The van der Waals surface area contributed by atoms with Gasteiger partial charge in [0.05, 0.1) is 5.54 Å². The van der Waals surface area contributed by atoms with Crippen molar-refractivity contribution in [2.45, 2.75) is 45.1 Å². The number of carbonyl (C=O) groups excluding carboxylic acids is 1. The minimum Gasteiger partial charge on any atom is -0.328 e. The van der Waals surface area contributed by atoms with Crippen LogP contribution in [0.3, 0.4) is 0 Å². The van der Waals surface area contributed by atoms with Crippen LogP contribution in [0.1, 0.15) is 38.2 Å². The van der Waals surface area contributed by atoms with E-state index >= 15 is 0 Å². The molecular weight excluding hydrogens is 262 g/mol. The summed E-state index contributed by atoms with van der Waals surface area (Å²) >= 11 is 0. The Labute approximate surface area is 127 Å². The maximum absolute atomic E-state index is 12.5. The lowest BCUT2D eigenvalue weighted by atomic mass is 9.76. The Morgan fingerprint density at radius 1 is 1.43 bits per heavy atom. The second-order valence-corrected chi connectivity index (χ2v) is 6.47. The molecular formula is C17H27N3O. The summed E-state index contributed by atoms with van der Waals surface area (Å²) < 4.78 is 0. The fraction of sp³-hybridized carbons (Fsp3) is 0.588. The second kappa shape index (κ2) is 6.48. The van der Waals surface area contributed by atoms with Crippen LogP contribution < -0.4 is 11.1 Å². The fourth-order valence-corrected chi connectivity index (χ4v) is 3.12. The number of nitrogens with two attached hydrogens (primary N) is 1. The summed E-state index contributed by atoms with van der Waals surface area (Å²) in [5, 5.41) is 2.98. The van der Waals surface area contributed by atoms with Crippen molar-refractivity contribution in [1.82, 2.24) is 4.90 Å². The van der Waals surface area contributed by atoms with Crippen LogP contribution in [-0.4, -0.2) is 30.1 Å². The van der Waals surface area contributed by atoms with Gasteiger partial charge in [-0.15, -0.1) is 0 Å². The molecule has 1 aliphatic rings. The van der Waals surface area contributed by atoms with Crippen molar-refractivity contribution in [2.75, 3.05) is 18.9 Å². The second-order valence-electron chi connectivity index (χ2n) is 6.47. The molecule has 116 valence electrons. The van der Waals surface area contributed by atoms with E-state index in [9.17, 15) is 4.79 Å². The lowest BCUT2D eigenvalue weighted by molar-refractivity contribution is 0.0968. The Hall–Kier alpha value is -1.55. The summed E-state index contributed by atoms with van der Waals surface area (Å²) in [6, 6.07) is 7.79. The molecule has 0 aliphatic heterocycles. The minimum atomic E-state index is -0.194. The first-order valence-electron chi connectivity index (χ1n) is 7.78. The summed E-state index contributed by atoms with van der Waals surface area (Å²) in [4.78, 5) is 14.3. The lowest BCUT2D eigenvalue weighted by Gasteiger charge is -2.45. The van der Waals surface area contributed by atoms with Gasteiger partial charge in [0.25, 0.3) is 0 Å². The Morgan fingerprint density at radius 2 is 2.10 bits per heavy atom. The molecule has 4 nitrogen and oxygen atoms in total. The molecule has 0 unspecified atom stereocenters. The van der Waals surface area contributed by atoms with E-state index in [1.807, 2.05) is 43.1 Å². The maximum atomic E-state index is 12.5. The number of aryl methyl sites for hydroxylation is 1. The van der Waals surface area contributed by atoms with Gasteiger partial charge in [-0.25, -0.2) is 4.79 Å². The number of urea groups is 1. The van der Waals surface area contributed by atoms with Gasteiger partial charge in [-0.2, -0.15) is 0 Å². The van der Waals surface area contributed by atoms with Gasteiger partial charge in [0.15, 0.2) is 0 Å². The van der Waals surface area contributed by atoms with Gasteiger partial charge in [0, 0.05) is 19.3 Å². The SMILES string of the molecule is Cc1cccc(NC(=O)N(C)C2(CN)CCC(C)CC2)c1. The normalized spacial score (nSPS) is 25.4. The van der Waals surface area contributed by atoms with E-state index < -0.39 is 0 Å². The summed E-state index contributed by atoms with van der Waals surface area (Å²) in [6.45, 7) is 4.81. The van der Waals surface area contributed by atoms with Crippen LogP contribution >= 0.6 is 0 Å². The zero-order chi connectivity index (χ0) is 15.5. The zero-order valence-corrected chi connectivity index (χ0v) is 13.4. The van der Waals surface area contributed by atoms with Crippen LogP contribution in [0, 0.1) is 12.8 Å². The van der Waals surface area contributed by atoms with Crippen molar-refractivity contribution in [2.24, 2.45) is 11.7 Å². The van der Waals surface area contributed by atoms with Crippen molar-refractivity contribution in [3.63, 3.8) is 0 Å². The Bertz CT molecular complexity index is 493. The average molecular weight is 289 g/mol. The molecule has 4 heteroatoms. The highest BCUT2D eigenvalue weighted by Gasteiger charge is 2.39. The molecule has 1 saturated carbocycles. The molecule has 0 atom stereocenters. The van der Waals surface area contributed by atoms with Gasteiger partial charge in [0.2, 0.25) is 0 Å². The van der Waals surface area contributed by atoms with Crippen LogP contribution in [0.15, 0.2) is 24.3 Å².